The highest BCUT2D eigenvalue weighted by atomic mass is 32.2. The Bertz CT molecular complexity index is 1070. The van der Waals surface area contributed by atoms with Gasteiger partial charge in [0.25, 0.3) is 0 Å². The summed E-state index contributed by atoms with van der Waals surface area (Å²) >= 11 is 1.42. The van der Waals surface area contributed by atoms with Crippen LogP contribution < -0.4 is 16.2 Å². The fourth-order valence-corrected chi connectivity index (χ4v) is 4.84. The Kier molecular flexibility index (Phi) is 6.93. The van der Waals surface area contributed by atoms with Crippen molar-refractivity contribution in [3.63, 3.8) is 0 Å². The molecular formula is C24H30N6OS. The SMILES string of the molecule is Cc1ccc(-n2c(Cc3ccccc3)nnc2SCC(=O)NC2C(C)NNC2C)c(C)c1. The molecule has 0 spiro atoms. The molecule has 1 aliphatic heterocycles. The number of benzene rings is 2. The lowest BCUT2D eigenvalue weighted by Crippen LogP contribution is -2.47. The summed E-state index contributed by atoms with van der Waals surface area (Å²) in [7, 11) is 0. The topological polar surface area (TPSA) is 83.9 Å². The minimum atomic E-state index is -0.0102. The molecule has 4 rings (SSSR count). The molecule has 3 aromatic rings. The summed E-state index contributed by atoms with van der Waals surface area (Å²) in [6.07, 6.45) is 0.669. The number of nitrogens with one attached hydrogen (secondary N) is 3. The number of thioether (sulfide) groups is 1. The molecule has 7 nitrogen and oxygen atoms in total. The van der Waals surface area contributed by atoms with E-state index in [1.165, 1.54) is 22.9 Å². The van der Waals surface area contributed by atoms with Gasteiger partial charge in [0.1, 0.15) is 5.82 Å². The van der Waals surface area contributed by atoms with E-state index in [1.54, 1.807) is 0 Å². The number of hydrogen-bond acceptors (Lipinski definition) is 6. The van der Waals surface area contributed by atoms with Crippen LogP contribution in [0.2, 0.25) is 0 Å². The third kappa shape index (κ3) is 5.03. The van der Waals surface area contributed by atoms with Crippen molar-refractivity contribution in [2.24, 2.45) is 0 Å². The molecule has 3 N–H and O–H groups in total. The van der Waals surface area contributed by atoms with Crippen LogP contribution in [0.25, 0.3) is 5.69 Å². The Morgan fingerprint density at radius 1 is 1.06 bits per heavy atom. The Morgan fingerprint density at radius 2 is 1.78 bits per heavy atom. The molecule has 1 fully saturated rings. The molecule has 0 saturated carbocycles. The number of aryl methyl sites for hydroxylation is 2. The highest BCUT2D eigenvalue weighted by molar-refractivity contribution is 7.99. The zero-order valence-corrected chi connectivity index (χ0v) is 19.7. The molecule has 1 amide bonds. The number of hydrazine groups is 1. The summed E-state index contributed by atoms with van der Waals surface area (Å²) in [4.78, 5) is 12.7. The lowest BCUT2D eigenvalue weighted by atomic mass is 10.1. The first kappa shape index (κ1) is 22.5. The predicted octanol–water partition coefficient (Wildman–Crippen LogP) is 2.94. The molecular weight excluding hydrogens is 420 g/mol. The molecule has 2 unspecified atom stereocenters. The molecule has 2 atom stereocenters. The number of aromatic nitrogens is 3. The van der Waals surface area contributed by atoms with Crippen LogP contribution in [0.5, 0.6) is 0 Å². The van der Waals surface area contributed by atoms with E-state index < -0.39 is 0 Å². The number of rotatable bonds is 7. The third-order valence-corrected chi connectivity index (χ3v) is 6.70. The maximum Gasteiger partial charge on any atom is 0.230 e. The van der Waals surface area contributed by atoms with Crippen molar-refractivity contribution in [1.82, 2.24) is 30.9 Å². The Morgan fingerprint density at radius 3 is 2.47 bits per heavy atom. The van der Waals surface area contributed by atoms with E-state index in [9.17, 15) is 4.79 Å². The van der Waals surface area contributed by atoms with Crippen molar-refractivity contribution in [3.05, 3.63) is 71.0 Å². The van der Waals surface area contributed by atoms with Gasteiger partial charge in [0.15, 0.2) is 5.16 Å². The third-order valence-electron chi connectivity index (χ3n) is 5.77. The lowest BCUT2D eigenvalue weighted by Gasteiger charge is -2.19. The van der Waals surface area contributed by atoms with Crippen LogP contribution in [-0.2, 0) is 11.2 Å². The second-order valence-corrected chi connectivity index (χ2v) is 9.38. The molecule has 2 aromatic carbocycles. The maximum absolute atomic E-state index is 12.7. The van der Waals surface area contributed by atoms with Crippen molar-refractivity contribution in [1.29, 1.82) is 0 Å². The first-order valence-corrected chi connectivity index (χ1v) is 11.9. The van der Waals surface area contributed by atoms with Crippen LogP contribution in [-0.4, -0.2) is 44.6 Å². The maximum atomic E-state index is 12.7. The average Bonchev–Trinajstić information content (AvgIpc) is 3.31. The highest BCUT2D eigenvalue weighted by Gasteiger charge is 2.31. The van der Waals surface area contributed by atoms with Gasteiger partial charge in [-0.3, -0.25) is 20.2 Å². The molecule has 0 aliphatic carbocycles. The monoisotopic (exact) mass is 450 g/mol. The Labute approximate surface area is 193 Å². The van der Waals surface area contributed by atoms with Crippen LogP contribution in [0.3, 0.4) is 0 Å². The van der Waals surface area contributed by atoms with Gasteiger partial charge in [-0.25, -0.2) is 0 Å². The molecule has 1 aliphatic rings. The van der Waals surface area contributed by atoms with Gasteiger partial charge in [-0.2, -0.15) is 0 Å². The number of amides is 1. The van der Waals surface area contributed by atoms with Gasteiger partial charge in [-0.05, 0) is 44.9 Å². The molecule has 1 saturated heterocycles. The largest absolute Gasteiger partial charge is 0.349 e. The second kappa shape index (κ2) is 9.85. The van der Waals surface area contributed by atoms with Crippen LogP contribution in [0, 0.1) is 13.8 Å². The van der Waals surface area contributed by atoms with Crippen LogP contribution in [0.1, 0.15) is 36.4 Å². The zero-order valence-electron chi connectivity index (χ0n) is 18.9. The van der Waals surface area contributed by atoms with Gasteiger partial charge in [0.2, 0.25) is 5.91 Å². The van der Waals surface area contributed by atoms with E-state index in [0.717, 1.165) is 22.2 Å². The number of nitrogens with zero attached hydrogens (tertiary/aromatic N) is 3. The van der Waals surface area contributed by atoms with E-state index in [-0.39, 0.29) is 29.8 Å². The van der Waals surface area contributed by atoms with Gasteiger partial charge in [-0.1, -0.05) is 59.8 Å². The van der Waals surface area contributed by atoms with Gasteiger partial charge in [0, 0.05) is 18.5 Å². The molecule has 8 heteroatoms. The summed E-state index contributed by atoms with van der Waals surface area (Å²) in [6.45, 7) is 8.30. The first-order valence-electron chi connectivity index (χ1n) is 10.9. The summed E-state index contributed by atoms with van der Waals surface area (Å²) in [5.74, 6) is 1.13. The van der Waals surface area contributed by atoms with E-state index in [4.69, 9.17) is 0 Å². The fourth-order valence-electron chi connectivity index (χ4n) is 4.07. The Balaban J connectivity index is 1.56. The smallest absolute Gasteiger partial charge is 0.230 e. The molecule has 2 heterocycles. The molecule has 168 valence electrons. The van der Waals surface area contributed by atoms with Gasteiger partial charge >= 0.3 is 0 Å². The standard InChI is InChI=1S/C24H30N6OS/c1-15-10-11-20(16(2)12-15)30-21(13-19-8-6-5-7-9-19)28-29-24(30)32-14-22(31)25-23-17(3)26-27-18(23)4/h5-12,17-18,23,26-27H,13-14H2,1-4H3,(H,25,31). The highest BCUT2D eigenvalue weighted by Crippen LogP contribution is 2.26. The quantitative estimate of drug-likeness (QED) is 0.480. The molecule has 32 heavy (non-hydrogen) atoms. The molecule has 0 radical (unpaired) electrons. The normalized spacial score (nSPS) is 20.4. The molecule has 1 aromatic heterocycles. The lowest BCUT2D eigenvalue weighted by molar-refractivity contribution is -0.119. The summed E-state index contributed by atoms with van der Waals surface area (Å²) < 4.78 is 2.09. The van der Waals surface area contributed by atoms with E-state index in [1.807, 2.05) is 18.2 Å². The zero-order chi connectivity index (χ0) is 22.7. The van der Waals surface area contributed by atoms with E-state index >= 15 is 0 Å². The van der Waals surface area contributed by atoms with Crippen molar-refractivity contribution >= 4 is 17.7 Å². The fraction of sp³-hybridized carbons (Fsp3) is 0.375. The van der Waals surface area contributed by atoms with Crippen molar-refractivity contribution < 1.29 is 4.79 Å². The van der Waals surface area contributed by atoms with E-state index in [2.05, 4.69) is 89.0 Å². The van der Waals surface area contributed by atoms with E-state index in [0.29, 0.717) is 6.42 Å². The van der Waals surface area contributed by atoms with Crippen molar-refractivity contribution in [2.75, 3.05) is 5.75 Å². The van der Waals surface area contributed by atoms with Crippen LogP contribution in [0.4, 0.5) is 0 Å². The average molecular weight is 451 g/mol. The number of carbonyl (C=O) groups excluding carboxylic acids is 1. The van der Waals surface area contributed by atoms with Gasteiger partial charge < -0.3 is 5.32 Å². The number of hydrogen-bond donors (Lipinski definition) is 3. The van der Waals surface area contributed by atoms with Gasteiger partial charge in [0.05, 0.1) is 17.5 Å². The minimum absolute atomic E-state index is 0.0102. The second-order valence-electron chi connectivity index (χ2n) is 8.43. The van der Waals surface area contributed by atoms with Crippen molar-refractivity contribution in [2.45, 2.75) is 57.4 Å². The number of carbonyl (C=O) groups is 1. The molecule has 0 bridgehead atoms. The summed E-state index contributed by atoms with van der Waals surface area (Å²) in [5.41, 5.74) is 10.9. The van der Waals surface area contributed by atoms with Gasteiger partial charge in [-0.15, -0.1) is 10.2 Å². The Hall–Kier alpha value is -2.68. The summed E-state index contributed by atoms with van der Waals surface area (Å²) in [6, 6.07) is 17.0. The first-order chi connectivity index (χ1) is 15.4. The van der Waals surface area contributed by atoms with Crippen LogP contribution in [0.15, 0.2) is 53.7 Å². The minimum Gasteiger partial charge on any atom is -0.349 e. The predicted molar refractivity (Wildman–Crippen MR) is 128 cm³/mol. The van der Waals surface area contributed by atoms with Crippen molar-refractivity contribution in [3.8, 4) is 5.69 Å². The van der Waals surface area contributed by atoms with Crippen LogP contribution >= 0.6 is 11.8 Å². The summed E-state index contributed by atoms with van der Waals surface area (Å²) in [5, 5.41) is 12.8.